The maximum absolute atomic E-state index is 14.3. The minimum absolute atomic E-state index is 0.0633. The Balaban J connectivity index is 1.91. The van der Waals surface area contributed by atoms with E-state index in [0.29, 0.717) is 24.2 Å². The second-order valence-electron chi connectivity index (χ2n) is 7.99. The first-order valence-electron chi connectivity index (χ1n) is 10.1. The fraction of sp³-hybridized carbons (Fsp3) is 0.208. The van der Waals surface area contributed by atoms with E-state index in [2.05, 4.69) is 11.4 Å². The first-order valence-corrected chi connectivity index (χ1v) is 10.1. The second kappa shape index (κ2) is 6.54. The molecule has 2 aromatic carbocycles. The van der Waals surface area contributed by atoms with Gasteiger partial charge in [0.25, 0.3) is 0 Å². The molecule has 2 aromatic rings. The van der Waals surface area contributed by atoms with Crippen molar-refractivity contribution < 1.29 is 14.0 Å². The third kappa shape index (κ3) is 2.36. The molecule has 5 rings (SSSR count). The highest BCUT2D eigenvalue weighted by Crippen LogP contribution is 2.55. The molecule has 31 heavy (non-hydrogen) atoms. The minimum Gasteiger partial charge on any atom is -0.384 e. The van der Waals surface area contributed by atoms with E-state index in [4.69, 9.17) is 5.73 Å². The summed E-state index contributed by atoms with van der Waals surface area (Å²) in [5, 5.41) is 12.9. The van der Waals surface area contributed by atoms with Gasteiger partial charge in [0.1, 0.15) is 23.1 Å². The lowest BCUT2D eigenvalue weighted by molar-refractivity contribution is -0.122. The average molecular weight is 414 g/mol. The SMILES string of the molecule is Cc1ccccc1N1C(N)=C(C#N)C2(C(=O)Nc3ccc(F)cc32)C2=C1CCCC2=O. The van der Waals surface area contributed by atoms with Crippen LogP contribution in [0.2, 0.25) is 0 Å². The van der Waals surface area contributed by atoms with Crippen LogP contribution in [0.3, 0.4) is 0 Å². The smallest absolute Gasteiger partial charge is 0.245 e. The molecule has 7 heteroatoms. The first-order chi connectivity index (χ1) is 14.9. The number of anilines is 2. The Hall–Kier alpha value is -3.92. The summed E-state index contributed by atoms with van der Waals surface area (Å²) in [5.41, 5.74) is 7.84. The summed E-state index contributed by atoms with van der Waals surface area (Å²) in [6, 6.07) is 13.5. The molecule has 2 heterocycles. The van der Waals surface area contributed by atoms with Crippen molar-refractivity contribution in [2.75, 3.05) is 10.2 Å². The number of rotatable bonds is 1. The van der Waals surface area contributed by atoms with E-state index in [1.165, 1.54) is 18.2 Å². The van der Waals surface area contributed by atoms with E-state index < -0.39 is 17.1 Å². The van der Waals surface area contributed by atoms with Gasteiger partial charge in [0.05, 0.1) is 11.3 Å². The maximum atomic E-state index is 14.3. The van der Waals surface area contributed by atoms with Gasteiger partial charge in [-0.2, -0.15) is 5.26 Å². The van der Waals surface area contributed by atoms with Crippen LogP contribution in [0.15, 0.2) is 65.1 Å². The van der Waals surface area contributed by atoms with Crippen molar-refractivity contribution in [3.63, 3.8) is 0 Å². The third-order valence-electron chi connectivity index (χ3n) is 6.34. The highest BCUT2D eigenvalue weighted by Gasteiger charge is 2.60. The summed E-state index contributed by atoms with van der Waals surface area (Å²) in [7, 11) is 0. The number of nitrogens with two attached hydrogens (primary N) is 1. The number of benzene rings is 2. The Kier molecular flexibility index (Phi) is 4.02. The number of fused-ring (bicyclic) bond motifs is 3. The molecule has 1 unspecified atom stereocenters. The van der Waals surface area contributed by atoms with Crippen LogP contribution in [0.25, 0.3) is 0 Å². The van der Waals surface area contributed by atoms with Crippen molar-refractivity contribution in [3.8, 4) is 6.07 Å². The largest absolute Gasteiger partial charge is 0.384 e. The Morgan fingerprint density at radius 3 is 2.71 bits per heavy atom. The van der Waals surface area contributed by atoms with Gasteiger partial charge in [0, 0.05) is 28.9 Å². The zero-order valence-electron chi connectivity index (χ0n) is 16.8. The number of carbonyl (C=O) groups excluding carboxylic acids is 2. The summed E-state index contributed by atoms with van der Waals surface area (Å²) < 4.78 is 14.3. The zero-order chi connectivity index (χ0) is 21.9. The molecule has 0 bridgehead atoms. The zero-order valence-corrected chi connectivity index (χ0v) is 16.8. The van der Waals surface area contributed by atoms with Crippen molar-refractivity contribution in [2.45, 2.75) is 31.6 Å². The molecule has 0 aromatic heterocycles. The van der Waals surface area contributed by atoms with Crippen molar-refractivity contribution >= 4 is 23.1 Å². The van der Waals surface area contributed by atoms with E-state index in [1.54, 1.807) is 4.90 Å². The Morgan fingerprint density at radius 2 is 1.97 bits per heavy atom. The Bertz CT molecular complexity index is 1290. The summed E-state index contributed by atoms with van der Waals surface area (Å²) in [6.07, 6.45) is 1.36. The van der Waals surface area contributed by atoms with E-state index in [1.807, 2.05) is 31.2 Å². The number of aryl methyl sites for hydroxylation is 1. The molecule has 1 aliphatic carbocycles. The topological polar surface area (TPSA) is 99.2 Å². The highest BCUT2D eigenvalue weighted by atomic mass is 19.1. The molecule has 1 spiro atoms. The molecule has 6 nitrogen and oxygen atoms in total. The molecule has 1 atom stereocenters. The number of hydrogen-bond acceptors (Lipinski definition) is 5. The molecular formula is C24H19FN4O2. The number of amides is 1. The summed E-state index contributed by atoms with van der Waals surface area (Å²) in [4.78, 5) is 28.5. The van der Waals surface area contributed by atoms with Crippen LogP contribution in [0.5, 0.6) is 0 Å². The number of para-hydroxylation sites is 1. The second-order valence-corrected chi connectivity index (χ2v) is 7.99. The fourth-order valence-corrected chi connectivity index (χ4v) is 5.05. The summed E-state index contributed by atoms with van der Waals surface area (Å²) >= 11 is 0. The lowest BCUT2D eigenvalue weighted by Gasteiger charge is -2.43. The Labute approximate surface area is 178 Å². The fourth-order valence-electron chi connectivity index (χ4n) is 5.05. The van der Waals surface area contributed by atoms with Crippen LogP contribution in [-0.2, 0) is 15.0 Å². The maximum Gasteiger partial charge on any atom is 0.245 e. The van der Waals surface area contributed by atoms with Gasteiger partial charge < -0.3 is 11.1 Å². The average Bonchev–Trinajstić information content (AvgIpc) is 3.01. The number of carbonyl (C=O) groups is 2. The van der Waals surface area contributed by atoms with Crippen molar-refractivity contribution in [3.05, 3.63) is 82.1 Å². The van der Waals surface area contributed by atoms with E-state index in [9.17, 15) is 19.2 Å². The van der Waals surface area contributed by atoms with Gasteiger partial charge in [-0.25, -0.2) is 4.39 Å². The van der Waals surface area contributed by atoms with E-state index in [0.717, 1.165) is 11.3 Å². The van der Waals surface area contributed by atoms with E-state index in [-0.39, 0.29) is 34.7 Å². The summed E-state index contributed by atoms with van der Waals surface area (Å²) in [5.74, 6) is -1.26. The van der Waals surface area contributed by atoms with E-state index >= 15 is 0 Å². The monoisotopic (exact) mass is 414 g/mol. The highest BCUT2D eigenvalue weighted by molar-refractivity contribution is 6.19. The molecule has 0 radical (unpaired) electrons. The van der Waals surface area contributed by atoms with Gasteiger partial charge in [-0.15, -0.1) is 0 Å². The molecule has 3 N–H and O–H groups in total. The van der Waals surface area contributed by atoms with Crippen molar-refractivity contribution in [1.82, 2.24) is 0 Å². The van der Waals surface area contributed by atoms with Crippen LogP contribution in [0, 0.1) is 24.1 Å². The first kappa shape index (κ1) is 19.1. The predicted octanol–water partition coefficient (Wildman–Crippen LogP) is 3.55. The molecule has 0 saturated heterocycles. The Morgan fingerprint density at radius 1 is 1.19 bits per heavy atom. The lowest BCUT2D eigenvalue weighted by Crippen LogP contribution is -2.50. The van der Waals surface area contributed by atoms with Gasteiger partial charge in [-0.05, 0) is 49.6 Å². The number of halogens is 1. The normalized spacial score (nSPS) is 22.4. The van der Waals surface area contributed by atoms with Crippen LogP contribution in [0.4, 0.5) is 15.8 Å². The van der Waals surface area contributed by atoms with Gasteiger partial charge in [0.15, 0.2) is 5.78 Å². The van der Waals surface area contributed by atoms with Gasteiger partial charge in [0.2, 0.25) is 5.91 Å². The third-order valence-corrected chi connectivity index (χ3v) is 6.34. The van der Waals surface area contributed by atoms with Gasteiger partial charge in [-0.1, -0.05) is 18.2 Å². The molecule has 0 saturated carbocycles. The van der Waals surface area contributed by atoms with Crippen LogP contribution < -0.4 is 16.0 Å². The van der Waals surface area contributed by atoms with Gasteiger partial charge >= 0.3 is 0 Å². The molecule has 3 aliphatic rings. The number of Topliss-reactive ketones (excluding diaryl/α,β-unsaturated/α-hetero) is 1. The lowest BCUT2D eigenvalue weighted by atomic mass is 9.64. The van der Waals surface area contributed by atoms with Crippen LogP contribution in [-0.4, -0.2) is 11.7 Å². The molecule has 1 amide bonds. The predicted molar refractivity (Wildman–Crippen MR) is 113 cm³/mol. The number of hydrogen-bond donors (Lipinski definition) is 2. The molecule has 154 valence electrons. The number of nitrogens with one attached hydrogen (secondary N) is 1. The van der Waals surface area contributed by atoms with Crippen LogP contribution in [0.1, 0.15) is 30.4 Å². The quantitative estimate of drug-likeness (QED) is 0.744. The molecule has 2 aliphatic heterocycles. The van der Waals surface area contributed by atoms with Crippen molar-refractivity contribution in [2.24, 2.45) is 5.73 Å². The summed E-state index contributed by atoms with van der Waals surface area (Å²) in [6.45, 7) is 1.91. The standard InChI is InChI=1S/C24H19FN4O2/c1-13-5-2-3-6-18(13)29-19-7-4-8-20(30)21(19)24(16(12-26)22(29)27)15-11-14(25)9-10-17(15)28-23(24)31/h2-3,5-6,9-11H,4,7-8,27H2,1H3,(H,28,31). The molecule has 0 fully saturated rings. The number of ketones is 1. The van der Waals surface area contributed by atoms with Crippen LogP contribution >= 0.6 is 0 Å². The minimum atomic E-state index is -1.75. The number of nitriles is 1. The molecular weight excluding hydrogens is 395 g/mol. The van der Waals surface area contributed by atoms with Crippen molar-refractivity contribution in [1.29, 1.82) is 5.26 Å². The van der Waals surface area contributed by atoms with Gasteiger partial charge in [-0.3, -0.25) is 14.5 Å². The number of allylic oxidation sites excluding steroid dienone is 1. The number of nitrogens with zero attached hydrogens (tertiary/aromatic N) is 2.